The first kappa shape index (κ1) is 12.9. The third kappa shape index (κ3) is 4.49. The molecule has 0 aromatic carbocycles. The fourth-order valence-electron chi connectivity index (χ4n) is 2.15. The van der Waals surface area contributed by atoms with Gasteiger partial charge in [-0.3, -0.25) is 0 Å². The lowest BCUT2D eigenvalue weighted by atomic mass is 9.95. The first-order valence-corrected chi connectivity index (χ1v) is 6.23. The summed E-state index contributed by atoms with van der Waals surface area (Å²) in [6, 6.07) is 1.16. The van der Waals surface area contributed by atoms with Crippen molar-refractivity contribution in [3.8, 4) is 0 Å². The van der Waals surface area contributed by atoms with Crippen molar-refractivity contribution in [2.75, 3.05) is 19.8 Å². The Morgan fingerprint density at radius 3 is 2.67 bits per heavy atom. The minimum absolute atomic E-state index is 0.381. The summed E-state index contributed by atoms with van der Waals surface area (Å²) < 4.78 is 11.1. The molecule has 0 amide bonds. The standard InChI is InChI=1S/C12H25NO2/c1-4-11-12(7-6-10(3)13-11)15-9-8-14-5-2/h10-13H,4-9H2,1-3H3. The molecule has 0 saturated carbocycles. The number of piperidine rings is 1. The van der Waals surface area contributed by atoms with E-state index in [1.54, 1.807) is 0 Å². The van der Waals surface area contributed by atoms with Crippen molar-refractivity contribution in [1.82, 2.24) is 5.32 Å². The normalized spacial score (nSPS) is 31.8. The molecule has 3 atom stereocenters. The zero-order valence-electron chi connectivity index (χ0n) is 10.3. The van der Waals surface area contributed by atoms with Gasteiger partial charge >= 0.3 is 0 Å². The van der Waals surface area contributed by atoms with Crippen molar-refractivity contribution >= 4 is 0 Å². The Hall–Kier alpha value is -0.120. The number of hydrogen-bond acceptors (Lipinski definition) is 3. The molecule has 0 aromatic rings. The molecule has 0 aliphatic carbocycles. The maximum Gasteiger partial charge on any atom is 0.0729 e. The quantitative estimate of drug-likeness (QED) is 0.687. The van der Waals surface area contributed by atoms with Crippen molar-refractivity contribution < 1.29 is 9.47 Å². The van der Waals surface area contributed by atoms with Gasteiger partial charge in [0.05, 0.1) is 19.3 Å². The summed E-state index contributed by atoms with van der Waals surface area (Å²) >= 11 is 0. The Bertz CT molecular complexity index is 164. The van der Waals surface area contributed by atoms with Gasteiger partial charge in [-0.25, -0.2) is 0 Å². The van der Waals surface area contributed by atoms with E-state index in [4.69, 9.17) is 9.47 Å². The number of rotatable bonds is 6. The maximum absolute atomic E-state index is 5.85. The molecule has 1 rings (SSSR count). The molecule has 1 N–H and O–H groups in total. The minimum atomic E-state index is 0.381. The largest absolute Gasteiger partial charge is 0.379 e. The van der Waals surface area contributed by atoms with Gasteiger partial charge in [-0.15, -0.1) is 0 Å². The monoisotopic (exact) mass is 215 g/mol. The van der Waals surface area contributed by atoms with Crippen LogP contribution in [-0.2, 0) is 9.47 Å². The summed E-state index contributed by atoms with van der Waals surface area (Å²) in [6.45, 7) is 8.71. The molecule has 90 valence electrons. The van der Waals surface area contributed by atoms with E-state index < -0.39 is 0 Å². The van der Waals surface area contributed by atoms with Crippen molar-refractivity contribution in [3.05, 3.63) is 0 Å². The summed E-state index contributed by atoms with van der Waals surface area (Å²) in [5, 5.41) is 3.59. The Kier molecular flexibility index (Phi) is 6.22. The second-order valence-corrected chi connectivity index (χ2v) is 4.27. The van der Waals surface area contributed by atoms with Crippen molar-refractivity contribution in [3.63, 3.8) is 0 Å². The highest BCUT2D eigenvalue weighted by Gasteiger charge is 2.26. The summed E-state index contributed by atoms with van der Waals surface area (Å²) in [5.74, 6) is 0. The Morgan fingerprint density at radius 1 is 1.20 bits per heavy atom. The van der Waals surface area contributed by atoms with Crippen LogP contribution >= 0.6 is 0 Å². The molecular formula is C12H25NO2. The zero-order chi connectivity index (χ0) is 11.1. The van der Waals surface area contributed by atoms with Gasteiger partial charge in [-0.1, -0.05) is 6.92 Å². The Labute approximate surface area is 93.5 Å². The van der Waals surface area contributed by atoms with Crippen LogP contribution < -0.4 is 5.32 Å². The van der Waals surface area contributed by atoms with Crippen molar-refractivity contribution in [1.29, 1.82) is 0 Å². The molecule has 3 nitrogen and oxygen atoms in total. The molecular weight excluding hydrogens is 190 g/mol. The van der Waals surface area contributed by atoms with E-state index in [1.165, 1.54) is 12.8 Å². The van der Waals surface area contributed by atoms with E-state index in [-0.39, 0.29) is 0 Å². The minimum Gasteiger partial charge on any atom is -0.379 e. The smallest absolute Gasteiger partial charge is 0.0729 e. The van der Waals surface area contributed by atoms with Gasteiger partial charge in [0.1, 0.15) is 0 Å². The molecule has 15 heavy (non-hydrogen) atoms. The maximum atomic E-state index is 5.85. The topological polar surface area (TPSA) is 30.5 Å². The van der Waals surface area contributed by atoms with Crippen LogP contribution in [-0.4, -0.2) is 38.0 Å². The van der Waals surface area contributed by atoms with Crippen LogP contribution in [0.25, 0.3) is 0 Å². The van der Waals surface area contributed by atoms with Gasteiger partial charge in [-0.05, 0) is 33.1 Å². The van der Waals surface area contributed by atoms with Gasteiger partial charge in [0.15, 0.2) is 0 Å². The van der Waals surface area contributed by atoms with E-state index in [2.05, 4.69) is 19.2 Å². The Balaban J connectivity index is 2.20. The highest BCUT2D eigenvalue weighted by Crippen LogP contribution is 2.18. The first-order chi connectivity index (χ1) is 7.27. The summed E-state index contributed by atoms with van der Waals surface area (Å²) in [4.78, 5) is 0. The SMILES string of the molecule is CCOCCOC1CCC(C)NC1CC. The van der Waals surface area contributed by atoms with Crippen molar-refractivity contribution in [2.24, 2.45) is 0 Å². The van der Waals surface area contributed by atoms with Gasteiger partial charge < -0.3 is 14.8 Å². The molecule has 0 bridgehead atoms. The lowest BCUT2D eigenvalue weighted by Crippen LogP contribution is -2.50. The molecule has 1 aliphatic rings. The van der Waals surface area contributed by atoms with Crippen LogP contribution in [0.2, 0.25) is 0 Å². The number of ether oxygens (including phenoxy) is 2. The number of hydrogen-bond donors (Lipinski definition) is 1. The molecule has 1 aliphatic heterocycles. The fourth-order valence-corrected chi connectivity index (χ4v) is 2.15. The predicted molar refractivity (Wildman–Crippen MR) is 62.1 cm³/mol. The molecule has 1 saturated heterocycles. The molecule has 1 heterocycles. The van der Waals surface area contributed by atoms with Gasteiger partial charge in [-0.2, -0.15) is 0 Å². The van der Waals surface area contributed by atoms with Gasteiger partial charge in [0.25, 0.3) is 0 Å². The van der Waals surface area contributed by atoms with Crippen LogP contribution in [0.3, 0.4) is 0 Å². The molecule has 0 aromatic heterocycles. The zero-order valence-corrected chi connectivity index (χ0v) is 10.3. The van der Waals surface area contributed by atoms with E-state index in [0.717, 1.165) is 26.2 Å². The molecule has 0 spiro atoms. The molecule has 1 fully saturated rings. The summed E-state index contributed by atoms with van der Waals surface area (Å²) in [6.07, 6.45) is 3.92. The van der Waals surface area contributed by atoms with E-state index in [1.807, 2.05) is 6.92 Å². The van der Waals surface area contributed by atoms with Crippen LogP contribution in [0.15, 0.2) is 0 Å². The molecule has 0 radical (unpaired) electrons. The second-order valence-electron chi connectivity index (χ2n) is 4.27. The van der Waals surface area contributed by atoms with Crippen molar-refractivity contribution in [2.45, 2.75) is 58.2 Å². The van der Waals surface area contributed by atoms with E-state index in [9.17, 15) is 0 Å². The van der Waals surface area contributed by atoms with Gasteiger partial charge in [0.2, 0.25) is 0 Å². The average molecular weight is 215 g/mol. The van der Waals surface area contributed by atoms with Crippen LogP contribution in [0.1, 0.15) is 40.0 Å². The Morgan fingerprint density at radius 2 is 2.00 bits per heavy atom. The second kappa shape index (κ2) is 7.20. The highest BCUT2D eigenvalue weighted by molar-refractivity contribution is 4.84. The first-order valence-electron chi connectivity index (χ1n) is 6.23. The van der Waals surface area contributed by atoms with E-state index >= 15 is 0 Å². The van der Waals surface area contributed by atoms with Crippen LogP contribution in [0, 0.1) is 0 Å². The number of nitrogens with one attached hydrogen (secondary N) is 1. The van der Waals surface area contributed by atoms with Gasteiger partial charge in [0, 0.05) is 18.7 Å². The van der Waals surface area contributed by atoms with Crippen LogP contribution in [0.5, 0.6) is 0 Å². The van der Waals surface area contributed by atoms with Crippen LogP contribution in [0.4, 0.5) is 0 Å². The van der Waals surface area contributed by atoms with E-state index in [0.29, 0.717) is 18.2 Å². The lowest BCUT2D eigenvalue weighted by Gasteiger charge is -2.35. The fraction of sp³-hybridized carbons (Fsp3) is 1.00. The summed E-state index contributed by atoms with van der Waals surface area (Å²) in [5.41, 5.74) is 0. The molecule has 3 heteroatoms. The summed E-state index contributed by atoms with van der Waals surface area (Å²) in [7, 11) is 0. The lowest BCUT2D eigenvalue weighted by molar-refractivity contribution is -0.0276. The predicted octanol–water partition coefficient (Wildman–Crippen LogP) is 1.96. The molecule has 3 unspecified atom stereocenters. The third-order valence-electron chi connectivity index (χ3n) is 3.04. The highest BCUT2D eigenvalue weighted by atomic mass is 16.5. The third-order valence-corrected chi connectivity index (χ3v) is 3.04. The average Bonchev–Trinajstić information content (AvgIpc) is 2.26.